The van der Waals surface area contributed by atoms with Crippen molar-refractivity contribution in [2.75, 3.05) is 5.32 Å². The van der Waals surface area contributed by atoms with Gasteiger partial charge in [-0.1, -0.05) is 26.0 Å². The molecule has 0 aliphatic heterocycles. The van der Waals surface area contributed by atoms with Gasteiger partial charge in [0.05, 0.1) is 10.7 Å². The van der Waals surface area contributed by atoms with Crippen molar-refractivity contribution in [3.05, 3.63) is 34.7 Å². The standard InChI is InChI=1S/C16H22N2S/c1-11(2)8-12(3)17-15-7-5-6-14(9-15)16-10-19-13(4)18-16/h5-7,9-12,17H,8H2,1-4H3. The predicted octanol–water partition coefficient (Wildman–Crippen LogP) is 4.97. The molecular weight excluding hydrogens is 252 g/mol. The molecular formula is C16H22N2S. The fourth-order valence-electron chi connectivity index (χ4n) is 2.31. The first-order valence-electron chi connectivity index (χ1n) is 6.83. The monoisotopic (exact) mass is 274 g/mol. The quantitative estimate of drug-likeness (QED) is 0.833. The van der Waals surface area contributed by atoms with Crippen molar-refractivity contribution < 1.29 is 0 Å². The summed E-state index contributed by atoms with van der Waals surface area (Å²) < 4.78 is 0. The highest BCUT2D eigenvalue weighted by Gasteiger charge is 2.07. The molecule has 1 unspecified atom stereocenters. The summed E-state index contributed by atoms with van der Waals surface area (Å²) in [4.78, 5) is 4.54. The Morgan fingerprint density at radius 1 is 1.26 bits per heavy atom. The van der Waals surface area contributed by atoms with Crippen molar-refractivity contribution in [3.63, 3.8) is 0 Å². The van der Waals surface area contributed by atoms with Crippen LogP contribution in [0.4, 0.5) is 5.69 Å². The molecule has 1 aromatic heterocycles. The van der Waals surface area contributed by atoms with E-state index in [1.807, 2.05) is 6.92 Å². The maximum atomic E-state index is 4.54. The number of nitrogens with zero attached hydrogens (tertiary/aromatic N) is 1. The minimum absolute atomic E-state index is 0.493. The highest BCUT2D eigenvalue weighted by molar-refractivity contribution is 7.09. The molecule has 2 rings (SSSR count). The van der Waals surface area contributed by atoms with Crippen LogP contribution in [-0.2, 0) is 0 Å². The normalized spacial score (nSPS) is 12.7. The summed E-state index contributed by atoms with van der Waals surface area (Å²) in [7, 11) is 0. The first kappa shape index (κ1) is 14.1. The van der Waals surface area contributed by atoms with Gasteiger partial charge < -0.3 is 5.32 Å². The van der Waals surface area contributed by atoms with E-state index in [-0.39, 0.29) is 0 Å². The highest BCUT2D eigenvalue weighted by atomic mass is 32.1. The van der Waals surface area contributed by atoms with E-state index in [1.54, 1.807) is 11.3 Å². The third-order valence-electron chi connectivity index (χ3n) is 3.02. The Morgan fingerprint density at radius 3 is 2.68 bits per heavy atom. The molecule has 3 heteroatoms. The molecule has 1 N–H and O–H groups in total. The molecule has 0 radical (unpaired) electrons. The lowest BCUT2D eigenvalue weighted by Crippen LogP contribution is -2.17. The van der Waals surface area contributed by atoms with Gasteiger partial charge in [-0.15, -0.1) is 11.3 Å². The second-order valence-electron chi connectivity index (χ2n) is 5.51. The minimum atomic E-state index is 0.493. The van der Waals surface area contributed by atoms with Crippen LogP contribution in [0, 0.1) is 12.8 Å². The third-order valence-corrected chi connectivity index (χ3v) is 3.79. The molecule has 102 valence electrons. The van der Waals surface area contributed by atoms with Gasteiger partial charge in [-0.05, 0) is 38.3 Å². The molecule has 1 aromatic carbocycles. The lowest BCUT2D eigenvalue weighted by Gasteiger charge is -2.17. The maximum Gasteiger partial charge on any atom is 0.0901 e. The number of anilines is 1. The SMILES string of the molecule is Cc1nc(-c2cccc(NC(C)CC(C)C)c2)cs1. The molecule has 0 amide bonds. The summed E-state index contributed by atoms with van der Waals surface area (Å²) in [6.45, 7) is 8.79. The molecule has 0 saturated heterocycles. The molecule has 0 bridgehead atoms. The summed E-state index contributed by atoms with van der Waals surface area (Å²) >= 11 is 1.70. The van der Waals surface area contributed by atoms with Crippen LogP contribution in [0.25, 0.3) is 11.3 Å². The highest BCUT2D eigenvalue weighted by Crippen LogP contribution is 2.24. The van der Waals surface area contributed by atoms with Crippen LogP contribution in [-0.4, -0.2) is 11.0 Å². The molecule has 1 atom stereocenters. The van der Waals surface area contributed by atoms with Gasteiger partial charge in [0, 0.05) is 22.7 Å². The summed E-state index contributed by atoms with van der Waals surface area (Å²) in [5, 5.41) is 6.80. The van der Waals surface area contributed by atoms with Crippen molar-refractivity contribution >= 4 is 17.0 Å². The van der Waals surface area contributed by atoms with E-state index >= 15 is 0 Å². The first-order chi connectivity index (χ1) is 9.04. The number of aryl methyl sites for hydroxylation is 1. The Morgan fingerprint density at radius 2 is 2.05 bits per heavy atom. The van der Waals surface area contributed by atoms with Crippen molar-refractivity contribution in [2.45, 2.75) is 40.2 Å². The summed E-state index contributed by atoms with van der Waals surface area (Å²) in [6.07, 6.45) is 1.18. The number of rotatable bonds is 5. The predicted molar refractivity (Wildman–Crippen MR) is 84.8 cm³/mol. The Bertz CT molecular complexity index is 531. The topological polar surface area (TPSA) is 24.9 Å². The van der Waals surface area contributed by atoms with Crippen molar-refractivity contribution in [1.29, 1.82) is 0 Å². The van der Waals surface area contributed by atoms with Gasteiger partial charge in [0.2, 0.25) is 0 Å². The van der Waals surface area contributed by atoms with Gasteiger partial charge in [-0.25, -0.2) is 4.98 Å². The summed E-state index contributed by atoms with van der Waals surface area (Å²) in [5.74, 6) is 0.715. The molecule has 0 spiro atoms. The second kappa shape index (κ2) is 6.20. The number of thiazole rings is 1. The third kappa shape index (κ3) is 4.06. The number of benzene rings is 1. The molecule has 0 saturated carbocycles. The lowest BCUT2D eigenvalue weighted by atomic mass is 10.0. The van der Waals surface area contributed by atoms with E-state index in [2.05, 4.69) is 60.7 Å². The van der Waals surface area contributed by atoms with E-state index < -0.39 is 0 Å². The Balaban J connectivity index is 2.11. The minimum Gasteiger partial charge on any atom is -0.383 e. The first-order valence-corrected chi connectivity index (χ1v) is 7.71. The van der Waals surface area contributed by atoms with E-state index in [4.69, 9.17) is 0 Å². The van der Waals surface area contributed by atoms with Gasteiger partial charge in [-0.2, -0.15) is 0 Å². The van der Waals surface area contributed by atoms with Crippen molar-refractivity contribution in [1.82, 2.24) is 4.98 Å². The van der Waals surface area contributed by atoms with Gasteiger partial charge >= 0.3 is 0 Å². The smallest absolute Gasteiger partial charge is 0.0901 e. The summed E-state index contributed by atoms with van der Waals surface area (Å²) in [6, 6.07) is 9.01. The fraction of sp³-hybridized carbons (Fsp3) is 0.438. The molecule has 0 aliphatic rings. The fourth-order valence-corrected chi connectivity index (χ4v) is 2.94. The van der Waals surface area contributed by atoms with Gasteiger partial charge in [0.25, 0.3) is 0 Å². The average Bonchev–Trinajstić information content (AvgIpc) is 2.75. The number of hydrogen-bond donors (Lipinski definition) is 1. The number of nitrogens with one attached hydrogen (secondary N) is 1. The molecule has 0 aliphatic carbocycles. The Hall–Kier alpha value is -1.35. The van der Waals surface area contributed by atoms with E-state index in [9.17, 15) is 0 Å². The van der Waals surface area contributed by atoms with E-state index in [0.717, 1.165) is 10.7 Å². The largest absolute Gasteiger partial charge is 0.383 e. The molecule has 2 nitrogen and oxygen atoms in total. The van der Waals surface area contributed by atoms with E-state index in [0.29, 0.717) is 12.0 Å². The van der Waals surface area contributed by atoms with Crippen LogP contribution in [0.5, 0.6) is 0 Å². The molecule has 19 heavy (non-hydrogen) atoms. The van der Waals surface area contributed by atoms with Crippen molar-refractivity contribution in [2.24, 2.45) is 5.92 Å². The number of hydrogen-bond acceptors (Lipinski definition) is 3. The number of aromatic nitrogens is 1. The summed E-state index contributed by atoms with van der Waals surface area (Å²) in [5.41, 5.74) is 3.44. The molecule has 0 fully saturated rings. The van der Waals surface area contributed by atoms with Gasteiger partial charge in [0.15, 0.2) is 0 Å². The maximum absolute atomic E-state index is 4.54. The van der Waals surface area contributed by atoms with Crippen LogP contribution < -0.4 is 5.32 Å². The van der Waals surface area contributed by atoms with Gasteiger partial charge in [-0.3, -0.25) is 0 Å². The zero-order valence-electron chi connectivity index (χ0n) is 12.1. The van der Waals surface area contributed by atoms with Crippen LogP contribution in [0.3, 0.4) is 0 Å². The zero-order valence-corrected chi connectivity index (χ0v) is 12.9. The molecule has 2 aromatic rings. The Kier molecular flexibility index (Phi) is 4.59. The zero-order chi connectivity index (χ0) is 13.8. The lowest BCUT2D eigenvalue weighted by molar-refractivity contribution is 0.540. The van der Waals surface area contributed by atoms with Crippen LogP contribution in [0.2, 0.25) is 0 Å². The van der Waals surface area contributed by atoms with Crippen LogP contribution in [0.15, 0.2) is 29.6 Å². The van der Waals surface area contributed by atoms with Crippen molar-refractivity contribution in [3.8, 4) is 11.3 Å². The van der Waals surface area contributed by atoms with Crippen LogP contribution >= 0.6 is 11.3 Å². The Labute approximate surface area is 119 Å². The molecule has 1 heterocycles. The average molecular weight is 274 g/mol. The van der Waals surface area contributed by atoms with E-state index in [1.165, 1.54) is 17.7 Å². The second-order valence-corrected chi connectivity index (χ2v) is 6.57. The van der Waals surface area contributed by atoms with Gasteiger partial charge in [0.1, 0.15) is 0 Å². The van der Waals surface area contributed by atoms with Crippen LogP contribution in [0.1, 0.15) is 32.2 Å².